The van der Waals surface area contributed by atoms with Gasteiger partial charge in [0.2, 0.25) is 0 Å². The molecule has 0 fully saturated rings. The number of carbonyl (C=O) groups is 1. The third-order valence-electron chi connectivity index (χ3n) is 1.79. The van der Waals surface area contributed by atoms with Gasteiger partial charge in [-0.2, -0.15) is 0 Å². The molecule has 84 valence electrons. The normalized spacial score (nSPS) is 13.1. The van der Waals surface area contributed by atoms with Gasteiger partial charge in [-0.25, -0.2) is 4.98 Å². The first-order valence-corrected chi connectivity index (χ1v) is 5.37. The summed E-state index contributed by atoms with van der Waals surface area (Å²) in [6, 6.07) is -0.858. The monoisotopic (exact) mass is 229 g/mol. The van der Waals surface area contributed by atoms with Crippen molar-refractivity contribution in [3.63, 3.8) is 0 Å². The van der Waals surface area contributed by atoms with Gasteiger partial charge in [0, 0.05) is 24.0 Å². The number of hydrogen-bond donors (Lipinski definition) is 2. The van der Waals surface area contributed by atoms with E-state index < -0.39 is 12.0 Å². The van der Waals surface area contributed by atoms with E-state index in [4.69, 9.17) is 10.8 Å². The number of aliphatic carboxylic acids is 1. The molecule has 0 radical (unpaired) electrons. The molecule has 0 aliphatic rings. The highest BCUT2D eigenvalue weighted by molar-refractivity contribution is 7.11. The number of carboxylic acid groups (broad SMARTS) is 1. The lowest BCUT2D eigenvalue weighted by atomic mass is 10.2. The predicted molar refractivity (Wildman–Crippen MR) is 58.8 cm³/mol. The van der Waals surface area contributed by atoms with E-state index in [0.717, 1.165) is 16.4 Å². The smallest absolute Gasteiger partial charge is 0.320 e. The number of rotatable bonds is 5. The number of nitrogens with two attached hydrogens (primary N) is 1. The number of nitrogens with zero attached hydrogens (tertiary/aromatic N) is 2. The first-order chi connectivity index (χ1) is 6.99. The standard InChI is InChI=1S/C9H15N3O2S/c1-12(2)5-6-4-11-8(15-6)3-7(10)9(13)14/h4,7H,3,5,10H2,1-2H3,(H,13,14). The van der Waals surface area contributed by atoms with Gasteiger partial charge in [0.05, 0.1) is 5.01 Å². The summed E-state index contributed by atoms with van der Waals surface area (Å²) < 4.78 is 0. The second-order valence-corrected chi connectivity index (χ2v) is 4.81. The fourth-order valence-corrected chi connectivity index (χ4v) is 2.20. The Kier molecular flexibility index (Phi) is 4.19. The van der Waals surface area contributed by atoms with Crippen molar-refractivity contribution in [3.8, 4) is 0 Å². The van der Waals surface area contributed by atoms with E-state index in [1.54, 1.807) is 6.20 Å². The predicted octanol–water partition coefficient (Wildman–Crippen LogP) is 0.159. The van der Waals surface area contributed by atoms with Crippen LogP contribution in [0.5, 0.6) is 0 Å². The van der Waals surface area contributed by atoms with E-state index in [2.05, 4.69) is 4.98 Å². The van der Waals surface area contributed by atoms with Gasteiger partial charge < -0.3 is 15.7 Å². The Morgan fingerprint density at radius 2 is 2.40 bits per heavy atom. The van der Waals surface area contributed by atoms with E-state index in [9.17, 15) is 4.79 Å². The maximum atomic E-state index is 10.5. The highest BCUT2D eigenvalue weighted by Gasteiger charge is 2.14. The van der Waals surface area contributed by atoms with Crippen molar-refractivity contribution in [3.05, 3.63) is 16.1 Å². The third kappa shape index (κ3) is 3.94. The first-order valence-electron chi connectivity index (χ1n) is 4.55. The molecule has 0 aromatic carbocycles. The second kappa shape index (κ2) is 5.20. The molecule has 5 nitrogen and oxygen atoms in total. The van der Waals surface area contributed by atoms with Crippen LogP contribution in [-0.2, 0) is 17.8 Å². The molecule has 1 heterocycles. The summed E-state index contributed by atoms with van der Waals surface area (Å²) in [5.74, 6) is -0.987. The Labute approximate surface area is 92.5 Å². The second-order valence-electron chi connectivity index (χ2n) is 3.61. The Morgan fingerprint density at radius 1 is 1.73 bits per heavy atom. The summed E-state index contributed by atoms with van der Waals surface area (Å²) in [5.41, 5.74) is 5.42. The molecule has 0 bridgehead atoms. The minimum Gasteiger partial charge on any atom is -0.480 e. The molecule has 6 heteroatoms. The molecule has 1 unspecified atom stereocenters. The molecule has 1 atom stereocenters. The lowest BCUT2D eigenvalue weighted by molar-refractivity contribution is -0.138. The van der Waals surface area contributed by atoms with Crippen LogP contribution in [0.3, 0.4) is 0 Å². The molecule has 1 rings (SSSR count). The molecule has 1 aromatic heterocycles. The zero-order valence-electron chi connectivity index (χ0n) is 8.80. The molecule has 3 N–H and O–H groups in total. The molecular weight excluding hydrogens is 214 g/mol. The molecule has 0 saturated heterocycles. The molecule has 0 amide bonds. The number of aromatic nitrogens is 1. The zero-order valence-corrected chi connectivity index (χ0v) is 9.62. The molecule has 0 saturated carbocycles. The van der Waals surface area contributed by atoms with Gasteiger partial charge in [-0.1, -0.05) is 0 Å². The molecule has 0 aliphatic heterocycles. The molecule has 0 spiro atoms. The van der Waals surface area contributed by atoms with E-state index in [0.29, 0.717) is 6.42 Å². The van der Waals surface area contributed by atoms with Crippen LogP contribution in [0.1, 0.15) is 9.88 Å². The van der Waals surface area contributed by atoms with Crippen LogP contribution in [0.25, 0.3) is 0 Å². The summed E-state index contributed by atoms with van der Waals surface area (Å²) in [4.78, 5) is 17.8. The van der Waals surface area contributed by atoms with Crippen LogP contribution in [0.15, 0.2) is 6.20 Å². The minimum atomic E-state index is -0.987. The van der Waals surface area contributed by atoms with Gasteiger partial charge in [-0.15, -0.1) is 11.3 Å². The van der Waals surface area contributed by atoms with Crippen LogP contribution in [0.2, 0.25) is 0 Å². The SMILES string of the molecule is CN(C)Cc1cnc(CC(N)C(=O)O)s1. The summed E-state index contributed by atoms with van der Waals surface area (Å²) in [6.45, 7) is 0.819. The summed E-state index contributed by atoms with van der Waals surface area (Å²) in [5, 5.41) is 9.42. The van der Waals surface area contributed by atoms with E-state index >= 15 is 0 Å². The average molecular weight is 229 g/mol. The molecule has 15 heavy (non-hydrogen) atoms. The van der Waals surface area contributed by atoms with Crippen molar-refractivity contribution < 1.29 is 9.90 Å². The average Bonchev–Trinajstić information content (AvgIpc) is 2.51. The van der Waals surface area contributed by atoms with Gasteiger partial charge in [-0.3, -0.25) is 4.79 Å². The lowest BCUT2D eigenvalue weighted by Gasteiger charge is -2.05. The molecule has 1 aromatic rings. The van der Waals surface area contributed by atoms with Gasteiger partial charge >= 0.3 is 5.97 Å². The van der Waals surface area contributed by atoms with Crippen LogP contribution in [0.4, 0.5) is 0 Å². The maximum absolute atomic E-state index is 10.5. The van der Waals surface area contributed by atoms with E-state index in [-0.39, 0.29) is 0 Å². The Bertz CT molecular complexity index is 338. The Balaban J connectivity index is 2.56. The van der Waals surface area contributed by atoms with Gasteiger partial charge in [-0.05, 0) is 14.1 Å². The summed E-state index contributed by atoms with van der Waals surface area (Å²) in [7, 11) is 3.95. The Morgan fingerprint density at radius 3 is 2.93 bits per heavy atom. The lowest BCUT2D eigenvalue weighted by Crippen LogP contribution is -2.32. The van der Waals surface area contributed by atoms with Crippen LogP contribution >= 0.6 is 11.3 Å². The fraction of sp³-hybridized carbons (Fsp3) is 0.556. The highest BCUT2D eigenvalue weighted by Crippen LogP contribution is 2.15. The van der Waals surface area contributed by atoms with Crippen molar-refractivity contribution in [1.29, 1.82) is 0 Å². The van der Waals surface area contributed by atoms with Crippen LogP contribution in [0, 0.1) is 0 Å². The van der Waals surface area contributed by atoms with Gasteiger partial charge in [0.1, 0.15) is 6.04 Å². The number of hydrogen-bond acceptors (Lipinski definition) is 5. The third-order valence-corrected chi connectivity index (χ3v) is 2.79. The number of thiazole rings is 1. The zero-order chi connectivity index (χ0) is 11.4. The van der Waals surface area contributed by atoms with Crippen molar-refractivity contribution in [2.24, 2.45) is 5.73 Å². The van der Waals surface area contributed by atoms with E-state index in [1.165, 1.54) is 11.3 Å². The summed E-state index contributed by atoms with van der Waals surface area (Å²) >= 11 is 1.51. The topological polar surface area (TPSA) is 79.5 Å². The largest absolute Gasteiger partial charge is 0.480 e. The Hall–Kier alpha value is -0.980. The fourth-order valence-electron chi connectivity index (χ4n) is 1.10. The van der Waals surface area contributed by atoms with E-state index in [1.807, 2.05) is 19.0 Å². The maximum Gasteiger partial charge on any atom is 0.320 e. The molecule has 0 aliphatic carbocycles. The van der Waals surface area contributed by atoms with Crippen molar-refractivity contribution in [1.82, 2.24) is 9.88 Å². The highest BCUT2D eigenvalue weighted by atomic mass is 32.1. The van der Waals surface area contributed by atoms with Gasteiger partial charge in [0.15, 0.2) is 0 Å². The summed E-state index contributed by atoms with van der Waals surface area (Å²) in [6.07, 6.45) is 2.07. The number of carboxylic acids is 1. The van der Waals surface area contributed by atoms with Gasteiger partial charge in [0.25, 0.3) is 0 Å². The van der Waals surface area contributed by atoms with Crippen LogP contribution in [-0.4, -0.2) is 41.1 Å². The van der Waals surface area contributed by atoms with Crippen molar-refractivity contribution in [2.45, 2.75) is 19.0 Å². The van der Waals surface area contributed by atoms with Crippen LogP contribution < -0.4 is 5.73 Å². The first kappa shape index (κ1) is 12.1. The quantitative estimate of drug-likeness (QED) is 0.752. The minimum absolute atomic E-state index is 0.299. The van der Waals surface area contributed by atoms with Crippen molar-refractivity contribution in [2.75, 3.05) is 14.1 Å². The van der Waals surface area contributed by atoms with Crippen molar-refractivity contribution >= 4 is 17.3 Å². The molecular formula is C9H15N3O2S.